The van der Waals surface area contributed by atoms with Gasteiger partial charge in [-0.05, 0) is 61.2 Å². The van der Waals surface area contributed by atoms with Crippen LogP contribution in [0.25, 0.3) is 0 Å². The number of halogens is 1. The van der Waals surface area contributed by atoms with Crippen LogP contribution in [0.2, 0.25) is 5.22 Å². The van der Waals surface area contributed by atoms with Crippen molar-refractivity contribution in [3.8, 4) is 0 Å². The van der Waals surface area contributed by atoms with Gasteiger partial charge in [0.15, 0.2) is 5.22 Å². The highest BCUT2D eigenvalue weighted by atomic mass is 35.5. The maximum atomic E-state index is 5.78. The predicted molar refractivity (Wildman–Crippen MR) is 87.0 cm³/mol. The van der Waals surface area contributed by atoms with Crippen molar-refractivity contribution < 1.29 is 4.42 Å². The van der Waals surface area contributed by atoms with Crippen molar-refractivity contribution in [2.45, 2.75) is 32.4 Å². The number of anilines is 1. The number of aryl methyl sites for hydroxylation is 1. The minimum atomic E-state index is 0.459. The number of nitrogens with zero attached hydrogens (tertiary/aromatic N) is 1. The molecule has 0 atom stereocenters. The molecular weight excluding hydrogens is 284 g/mol. The van der Waals surface area contributed by atoms with E-state index in [1.807, 2.05) is 6.07 Å². The third-order valence-electron chi connectivity index (χ3n) is 4.06. The molecule has 1 aromatic carbocycles. The van der Waals surface area contributed by atoms with Crippen LogP contribution in [0.3, 0.4) is 0 Å². The molecule has 1 N–H and O–H groups in total. The lowest BCUT2D eigenvalue weighted by Crippen LogP contribution is -2.42. The molecule has 4 heteroatoms. The lowest BCUT2D eigenvalue weighted by Gasteiger charge is -2.34. The van der Waals surface area contributed by atoms with E-state index in [4.69, 9.17) is 16.0 Å². The topological polar surface area (TPSA) is 28.4 Å². The minimum absolute atomic E-state index is 0.459. The molecule has 2 aromatic rings. The van der Waals surface area contributed by atoms with Crippen molar-refractivity contribution >= 4 is 17.3 Å². The van der Waals surface area contributed by atoms with Crippen LogP contribution < -0.4 is 10.2 Å². The van der Waals surface area contributed by atoms with Crippen LogP contribution >= 0.6 is 11.6 Å². The second-order valence-corrected chi connectivity index (χ2v) is 6.06. The maximum absolute atomic E-state index is 5.78. The van der Waals surface area contributed by atoms with E-state index in [1.54, 1.807) is 6.07 Å². The van der Waals surface area contributed by atoms with Gasteiger partial charge in [0.2, 0.25) is 0 Å². The summed E-state index contributed by atoms with van der Waals surface area (Å²) in [6.45, 7) is 5.09. The fraction of sp³-hybridized carbons (Fsp3) is 0.412. The molecule has 3 nitrogen and oxygen atoms in total. The summed E-state index contributed by atoms with van der Waals surface area (Å²) in [6.07, 6.45) is 2.31. The van der Waals surface area contributed by atoms with E-state index in [2.05, 4.69) is 41.4 Å². The zero-order valence-electron chi connectivity index (χ0n) is 12.3. The van der Waals surface area contributed by atoms with Crippen molar-refractivity contribution in [3.05, 3.63) is 52.9 Å². The zero-order valence-corrected chi connectivity index (χ0v) is 13.1. The quantitative estimate of drug-likeness (QED) is 0.925. The highest BCUT2D eigenvalue weighted by molar-refractivity contribution is 6.28. The Kier molecular flexibility index (Phi) is 4.51. The smallest absolute Gasteiger partial charge is 0.193 e. The van der Waals surface area contributed by atoms with Gasteiger partial charge in [0.25, 0.3) is 0 Å². The first-order chi connectivity index (χ1) is 10.2. The van der Waals surface area contributed by atoms with Gasteiger partial charge in [0.05, 0.1) is 6.54 Å². The highest BCUT2D eigenvalue weighted by Crippen LogP contribution is 2.21. The first-order valence-corrected chi connectivity index (χ1v) is 7.88. The van der Waals surface area contributed by atoms with Gasteiger partial charge in [-0.2, -0.15) is 0 Å². The van der Waals surface area contributed by atoms with E-state index in [0.717, 1.165) is 38.2 Å². The Morgan fingerprint density at radius 2 is 2.05 bits per heavy atom. The lowest BCUT2D eigenvalue weighted by atomic mass is 10.0. The van der Waals surface area contributed by atoms with Crippen molar-refractivity contribution in [3.63, 3.8) is 0 Å². The molecule has 0 unspecified atom stereocenters. The number of furan rings is 1. The third kappa shape index (κ3) is 3.80. The number of hydrogen-bond acceptors (Lipinski definition) is 3. The van der Waals surface area contributed by atoms with Crippen LogP contribution in [0.1, 0.15) is 24.2 Å². The standard InChI is InChI=1S/C17H21ClN2O/c1-13-3-2-4-15(11-13)20-9-7-14(8-10-20)19-12-16-5-6-17(18)21-16/h2-6,11,14,19H,7-10,12H2,1H3. The van der Waals surface area contributed by atoms with Crippen molar-refractivity contribution in [2.75, 3.05) is 18.0 Å². The monoisotopic (exact) mass is 304 g/mol. The van der Waals surface area contributed by atoms with Gasteiger partial charge < -0.3 is 14.6 Å². The van der Waals surface area contributed by atoms with E-state index >= 15 is 0 Å². The van der Waals surface area contributed by atoms with Crippen LogP contribution in [0.4, 0.5) is 5.69 Å². The predicted octanol–water partition coefficient (Wildman–Crippen LogP) is 4.00. The van der Waals surface area contributed by atoms with Crippen molar-refractivity contribution in [1.82, 2.24) is 5.32 Å². The molecule has 0 saturated carbocycles. The molecule has 1 saturated heterocycles. The Bertz CT molecular complexity index is 588. The van der Waals surface area contributed by atoms with Gasteiger partial charge in [-0.3, -0.25) is 0 Å². The van der Waals surface area contributed by atoms with Gasteiger partial charge in [0, 0.05) is 24.8 Å². The van der Waals surface area contributed by atoms with E-state index in [1.165, 1.54) is 11.3 Å². The Morgan fingerprint density at radius 3 is 2.71 bits per heavy atom. The van der Waals surface area contributed by atoms with Crippen LogP contribution in [0.5, 0.6) is 0 Å². The summed E-state index contributed by atoms with van der Waals surface area (Å²) in [5.74, 6) is 0.904. The van der Waals surface area contributed by atoms with Crippen LogP contribution in [0, 0.1) is 6.92 Å². The van der Waals surface area contributed by atoms with Gasteiger partial charge in [-0.15, -0.1) is 0 Å². The third-order valence-corrected chi connectivity index (χ3v) is 4.26. The summed E-state index contributed by atoms with van der Waals surface area (Å²) in [6, 6.07) is 13.0. The van der Waals surface area contributed by atoms with Gasteiger partial charge in [-0.25, -0.2) is 0 Å². The number of piperidine rings is 1. The van der Waals surface area contributed by atoms with Gasteiger partial charge in [-0.1, -0.05) is 12.1 Å². The van der Waals surface area contributed by atoms with E-state index in [9.17, 15) is 0 Å². The SMILES string of the molecule is Cc1cccc(N2CCC(NCc3ccc(Cl)o3)CC2)c1. The summed E-state index contributed by atoms with van der Waals surface area (Å²) in [5.41, 5.74) is 2.66. The molecule has 0 bridgehead atoms. The second-order valence-electron chi connectivity index (χ2n) is 5.69. The average Bonchev–Trinajstić information content (AvgIpc) is 2.91. The largest absolute Gasteiger partial charge is 0.448 e. The van der Waals surface area contributed by atoms with Gasteiger partial charge in [0.1, 0.15) is 5.76 Å². The average molecular weight is 305 g/mol. The summed E-state index contributed by atoms with van der Waals surface area (Å²) in [4.78, 5) is 2.47. The van der Waals surface area contributed by atoms with Crippen LogP contribution in [0.15, 0.2) is 40.8 Å². The summed E-state index contributed by atoms with van der Waals surface area (Å²) < 4.78 is 5.37. The molecule has 0 amide bonds. The minimum Gasteiger partial charge on any atom is -0.448 e. The van der Waals surface area contributed by atoms with Crippen LogP contribution in [-0.4, -0.2) is 19.1 Å². The molecule has 3 rings (SSSR count). The van der Waals surface area contributed by atoms with Crippen LogP contribution in [-0.2, 0) is 6.54 Å². The second kappa shape index (κ2) is 6.54. The summed E-state index contributed by atoms with van der Waals surface area (Å²) in [5, 5.41) is 4.01. The molecule has 21 heavy (non-hydrogen) atoms. The highest BCUT2D eigenvalue weighted by Gasteiger charge is 2.19. The molecule has 0 aliphatic carbocycles. The van der Waals surface area contributed by atoms with Crippen molar-refractivity contribution in [1.29, 1.82) is 0 Å². The normalized spacial score (nSPS) is 16.4. The molecule has 0 spiro atoms. The molecule has 0 radical (unpaired) electrons. The zero-order chi connectivity index (χ0) is 14.7. The molecule has 1 aliphatic rings. The molecule has 1 aromatic heterocycles. The molecule has 2 heterocycles. The maximum Gasteiger partial charge on any atom is 0.193 e. The fourth-order valence-electron chi connectivity index (χ4n) is 2.86. The van der Waals surface area contributed by atoms with E-state index in [-0.39, 0.29) is 0 Å². The van der Waals surface area contributed by atoms with E-state index < -0.39 is 0 Å². The Balaban J connectivity index is 1.49. The van der Waals surface area contributed by atoms with Gasteiger partial charge >= 0.3 is 0 Å². The first-order valence-electron chi connectivity index (χ1n) is 7.50. The molecular formula is C17H21ClN2O. The molecule has 112 valence electrons. The fourth-order valence-corrected chi connectivity index (χ4v) is 3.02. The lowest BCUT2D eigenvalue weighted by molar-refractivity contribution is 0.389. The first kappa shape index (κ1) is 14.5. The number of rotatable bonds is 4. The van der Waals surface area contributed by atoms with E-state index in [0.29, 0.717) is 11.3 Å². The Labute approximate surface area is 130 Å². The molecule has 1 aliphatic heterocycles. The Morgan fingerprint density at radius 1 is 1.24 bits per heavy atom. The summed E-state index contributed by atoms with van der Waals surface area (Å²) >= 11 is 5.78. The van der Waals surface area contributed by atoms with Crippen molar-refractivity contribution in [2.24, 2.45) is 0 Å². The Hall–Kier alpha value is -1.45. The summed E-state index contributed by atoms with van der Waals surface area (Å²) in [7, 11) is 0. The number of hydrogen-bond donors (Lipinski definition) is 1. The number of benzene rings is 1. The number of nitrogens with one attached hydrogen (secondary N) is 1. The molecule has 1 fully saturated rings.